The molecule has 5 heteroatoms. The number of nitrogens with zero attached hydrogens (tertiary/aromatic N) is 2. The largest absolute Gasteiger partial charge is 0.312 e. The molecule has 0 N–H and O–H groups in total. The second-order valence-corrected chi connectivity index (χ2v) is 7.70. The molecule has 0 saturated carbocycles. The molecule has 0 aliphatic heterocycles. The zero-order valence-electron chi connectivity index (χ0n) is 15.0. The summed E-state index contributed by atoms with van der Waals surface area (Å²) in [6, 6.07) is 23.2. The number of rotatable bonds is 4. The van der Waals surface area contributed by atoms with Crippen LogP contribution in [-0.2, 0) is 6.54 Å². The second-order valence-electron chi connectivity index (χ2n) is 6.26. The third-order valence-corrected chi connectivity index (χ3v) is 5.67. The van der Waals surface area contributed by atoms with Crippen molar-refractivity contribution in [2.45, 2.75) is 6.54 Å². The van der Waals surface area contributed by atoms with Crippen LogP contribution in [0.1, 0.15) is 10.4 Å². The maximum atomic E-state index is 12.7. The van der Waals surface area contributed by atoms with Gasteiger partial charge in [0.15, 0.2) is 4.80 Å². The molecule has 0 bridgehead atoms. The fraction of sp³-hybridized carbons (Fsp3) is 0.0435. The molecular weight excluding hydrogens is 388 g/mol. The van der Waals surface area contributed by atoms with Crippen LogP contribution in [0.25, 0.3) is 21.3 Å². The van der Waals surface area contributed by atoms with Gasteiger partial charge in [-0.1, -0.05) is 71.5 Å². The summed E-state index contributed by atoms with van der Waals surface area (Å²) in [5.74, 6) is -0.268. The highest BCUT2D eigenvalue weighted by molar-refractivity contribution is 7.16. The zero-order chi connectivity index (χ0) is 19.5. The quantitative estimate of drug-likeness (QED) is 0.387. The number of allylic oxidation sites excluding steroid dienone is 1. The average Bonchev–Trinajstić information content (AvgIpc) is 3.05. The molecule has 0 unspecified atom stereocenters. The van der Waals surface area contributed by atoms with Crippen molar-refractivity contribution in [2.75, 3.05) is 0 Å². The number of benzene rings is 3. The first-order valence-corrected chi connectivity index (χ1v) is 9.99. The molecule has 0 aliphatic carbocycles. The molecule has 0 aliphatic rings. The van der Waals surface area contributed by atoms with Gasteiger partial charge in [-0.25, -0.2) is 0 Å². The Labute approximate surface area is 171 Å². The van der Waals surface area contributed by atoms with Gasteiger partial charge >= 0.3 is 0 Å². The molecule has 3 aromatic carbocycles. The summed E-state index contributed by atoms with van der Waals surface area (Å²) in [5, 5.41) is 0.661. The van der Waals surface area contributed by atoms with E-state index in [-0.39, 0.29) is 5.91 Å². The number of aromatic nitrogens is 1. The van der Waals surface area contributed by atoms with E-state index in [9.17, 15) is 4.79 Å². The molecule has 0 spiro atoms. The fourth-order valence-corrected chi connectivity index (χ4v) is 4.34. The van der Waals surface area contributed by atoms with E-state index >= 15 is 0 Å². The average molecular weight is 405 g/mol. The third-order valence-electron chi connectivity index (χ3n) is 4.39. The van der Waals surface area contributed by atoms with Crippen LogP contribution in [0.2, 0.25) is 5.02 Å². The molecule has 0 saturated heterocycles. The van der Waals surface area contributed by atoms with Crippen molar-refractivity contribution in [3.05, 3.63) is 101 Å². The van der Waals surface area contributed by atoms with Crippen LogP contribution in [0.3, 0.4) is 0 Å². The van der Waals surface area contributed by atoms with E-state index in [0.29, 0.717) is 21.9 Å². The van der Waals surface area contributed by atoms with E-state index in [1.165, 1.54) is 11.3 Å². The fourth-order valence-electron chi connectivity index (χ4n) is 3.03. The van der Waals surface area contributed by atoms with Gasteiger partial charge in [0.1, 0.15) is 0 Å². The minimum absolute atomic E-state index is 0.268. The molecule has 1 heterocycles. The van der Waals surface area contributed by atoms with Gasteiger partial charge in [0, 0.05) is 17.1 Å². The van der Waals surface area contributed by atoms with Crippen LogP contribution in [0, 0.1) is 0 Å². The minimum Gasteiger partial charge on any atom is -0.312 e. The van der Waals surface area contributed by atoms with Crippen LogP contribution in [0.5, 0.6) is 0 Å². The number of hydrogen-bond donors (Lipinski definition) is 0. The van der Waals surface area contributed by atoms with Gasteiger partial charge in [-0.05, 0) is 41.5 Å². The summed E-state index contributed by atoms with van der Waals surface area (Å²) < 4.78 is 2.96. The SMILES string of the molecule is C=CCn1c(=NC(=O)c2ccc(-c3ccccc3)cc2)sc2cc(Cl)ccc21. The number of fused-ring (bicyclic) bond motifs is 1. The highest BCUT2D eigenvalue weighted by atomic mass is 35.5. The molecule has 0 fully saturated rings. The first kappa shape index (κ1) is 18.4. The summed E-state index contributed by atoms with van der Waals surface area (Å²) in [6.45, 7) is 4.38. The van der Waals surface area contributed by atoms with E-state index in [4.69, 9.17) is 11.6 Å². The molecule has 28 heavy (non-hydrogen) atoms. The molecule has 4 rings (SSSR count). The van der Waals surface area contributed by atoms with Crippen LogP contribution in [0.15, 0.2) is 90.4 Å². The first-order valence-electron chi connectivity index (χ1n) is 8.80. The summed E-state index contributed by atoms with van der Waals surface area (Å²) in [5.41, 5.74) is 3.72. The molecule has 138 valence electrons. The van der Waals surface area contributed by atoms with E-state index in [2.05, 4.69) is 11.6 Å². The number of carbonyl (C=O) groups is 1. The van der Waals surface area contributed by atoms with Crippen LogP contribution < -0.4 is 4.80 Å². The highest BCUT2D eigenvalue weighted by Gasteiger charge is 2.09. The molecule has 1 aromatic heterocycles. The summed E-state index contributed by atoms with van der Waals surface area (Å²) in [6.07, 6.45) is 1.79. The van der Waals surface area contributed by atoms with E-state index in [0.717, 1.165) is 21.3 Å². The van der Waals surface area contributed by atoms with Crippen molar-refractivity contribution in [3.63, 3.8) is 0 Å². The summed E-state index contributed by atoms with van der Waals surface area (Å²) in [7, 11) is 0. The lowest BCUT2D eigenvalue weighted by Crippen LogP contribution is -2.16. The van der Waals surface area contributed by atoms with Crippen LogP contribution in [0.4, 0.5) is 0 Å². The second kappa shape index (κ2) is 7.97. The predicted octanol–water partition coefficient (Wildman–Crippen LogP) is 5.95. The Morgan fingerprint density at radius 3 is 2.46 bits per heavy atom. The van der Waals surface area contributed by atoms with Crippen LogP contribution in [-0.4, -0.2) is 10.5 Å². The lowest BCUT2D eigenvalue weighted by atomic mass is 10.0. The van der Waals surface area contributed by atoms with Crippen molar-refractivity contribution in [1.82, 2.24) is 4.57 Å². The molecule has 4 aromatic rings. The van der Waals surface area contributed by atoms with E-state index in [1.807, 2.05) is 77.4 Å². The Morgan fingerprint density at radius 1 is 1.04 bits per heavy atom. The molecule has 0 radical (unpaired) electrons. The van der Waals surface area contributed by atoms with Crippen molar-refractivity contribution in [2.24, 2.45) is 4.99 Å². The number of carbonyl (C=O) groups excluding carboxylic acids is 1. The van der Waals surface area contributed by atoms with Gasteiger partial charge in [-0.3, -0.25) is 4.79 Å². The minimum atomic E-state index is -0.268. The van der Waals surface area contributed by atoms with Gasteiger partial charge in [0.2, 0.25) is 0 Å². The van der Waals surface area contributed by atoms with Crippen molar-refractivity contribution < 1.29 is 4.79 Å². The topological polar surface area (TPSA) is 34.4 Å². The maximum Gasteiger partial charge on any atom is 0.279 e. The van der Waals surface area contributed by atoms with Crippen molar-refractivity contribution >= 4 is 39.1 Å². The van der Waals surface area contributed by atoms with Crippen molar-refractivity contribution in [1.29, 1.82) is 0 Å². The predicted molar refractivity (Wildman–Crippen MR) is 117 cm³/mol. The van der Waals surface area contributed by atoms with Crippen molar-refractivity contribution in [3.8, 4) is 11.1 Å². The normalized spacial score (nSPS) is 11.7. The lowest BCUT2D eigenvalue weighted by molar-refractivity contribution is 0.0998. The van der Waals surface area contributed by atoms with Gasteiger partial charge in [0.05, 0.1) is 10.2 Å². The molecule has 3 nitrogen and oxygen atoms in total. The highest BCUT2D eigenvalue weighted by Crippen LogP contribution is 2.22. The van der Waals surface area contributed by atoms with Gasteiger partial charge in [0.25, 0.3) is 5.91 Å². The Hall–Kier alpha value is -2.95. The molecule has 0 atom stereocenters. The first-order chi connectivity index (χ1) is 13.7. The third kappa shape index (κ3) is 3.70. The van der Waals surface area contributed by atoms with Gasteiger partial charge in [-0.15, -0.1) is 6.58 Å². The zero-order valence-corrected chi connectivity index (χ0v) is 16.6. The van der Waals surface area contributed by atoms with Gasteiger partial charge in [-0.2, -0.15) is 4.99 Å². The Balaban J connectivity index is 1.71. The standard InChI is InChI=1S/C23H17ClN2OS/c1-2-14-26-20-13-12-19(24)15-21(20)28-23(26)25-22(27)18-10-8-17(9-11-18)16-6-4-3-5-7-16/h2-13,15H,1,14H2. The van der Waals surface area contributed by atoms with E-state index in [1.54, 1.807) is 6.08 Å². The number of amides is 1. The number of hydrogen-bond acceptors (Lipinski definition) is 2. The Kier molecular flexibility index (Phi) is 5.24. The molecular formula is C23H17ClN2OS. The molecule has 1 amide bonds. The number of thiazole rings is 1. The summed E-state index contributed by atoms with van der Waals surface area (Å²) in [4.78, 5) is 17.7. The van der Waals surface area contributed by atoms with E-state index < -0.39 is 0 Å². The Bertz CT molecular complexity index is 1220. The monoisotopic (exact) mass is 404 g/mol. The Morgan fingerprint density at radius 2 is 1.75 bits per heavy atom. The van der Waals surface area contributed by atoms with Gasteiger partial charge < -0.3 is 4.57 Å². The maximum absolute atomic E-state index is 12.7. The smallest absolute Gasteiger partial charge is 0.279 e. The summed E-state index contributed by atoms with van der Waals surface area (Å²) >= 11 is 7.55. The number of halogens is 1. The van der Waals surface area contributed by atoms with Crippen LogP contribution >= 0.6 is 22.9 Å². The lowest BCUT2D eigenvalue weighted by Gasteiger charge is -2.03.